The van der Waals surface area contributed by atoms with Crippen LogP contribution in [0.2, 0.25) is 0 Å². The van der Waals surface area contributed by atoms with Crippen LogP contribution in [-0.4, -0.2) is 38.8 Å². The van der Waals surface area contributed by atoms with Gasteiger partial charge in [-0.15, -0.1) is 0 Å². The molecule has 2 aromatic carbocycles. The van der Waals surface area contributed by atoms with E-state index in [0.29, 0.717) is 11.1 Å². The van der Waals surface area contributed by atoms with Gasteiger partial charge in [0.2, 0.25) is 11.6 Å². The second-order valence-electron chi connectivity index (χ2n) is 6.69. The van der Waals surface area contributed by atoms with Crippen LogP contribution in [-0.2, 0) is 0 Å². The Kier molecular flexibility index (Phi) is 5.17. The smallest absolute Gasteiger partial charge is 0.233 e. The Hall–Kier alpha value is -2.62. The zero-order valence-electron chi connectivity index (χ0n) is 14.9. The molecule has 4 nitrogen and oxygen atoms in total. The van der Waals surface area contributed by atoms with Crippen LogP contribution in [0.15, 0.2) is 48.5 Å². The van der Waals surface area contributed by atoms with E-state index >= 15 is 0 Å². The maximum absolute atomic E-state index is 12.5. The van der Waals surface area contributed by atoms with E-state index in [2.05, 4.69) is 4.90 Å². The third kappa shape index (κ3) is 3.90. The molecule has 0 aromatic heterocycles. The molecule has 1 saturated heterocycles. The van der Waals surface area contributed by atoms with Crippen molar-refractivity contribution in [2.45, 2.75) is 19.3 Å². The number of rotatable bonds is 5. The highest BCUT2D eigenvalue weighted by molar-refractivity contribution is 6.49. The summed E-state index contributed by atoms with van der Waals surface area (Å²) in [6.07, 6.45) is 3.71. The van der Waals surface area contributed by atoms with E-state index in [-0.39, 0.29) is 0 Å². The lowest BCUT2D eigenvalue weighted by atomic mass is 10.0. The third-order valence-electron chi connectivity index (χ3n) is 4.70. The summed E-state index contributed by atoms with van der Waals surface area (Å²) in [4.78, 5) is 29.2. The number of hydrogen-bond acceptors (Lipinski definition) is 4. The molecule has 1 fully saturated rings. The first-order valence-corrected chi connectivity index (χ1v) is 8.78. The van der Waals surface area contributed by atoms with Gasteiger partial charge in [-0.25, -0.2) is 0 Å². The van der Waals surface area contributed by atoms with Crippen molar-refractivity contribution < 1.29 is 9.59 Å². The number of benzene rings is 2. The average molecular weight is 336 g/mol. The molecule has 1 aliphatic heterocycles. The van der Waals surface area contributed by atoms with Crippen molar-refractivity contribution in [2.24, 2.45) is 0 Å². The minimum absolute atomic E-state index is 0.427. The normalized spacial score (nSPS) is 14.2. The number of carbonyl (C=O) groups excluding carboxylic acids is 2. The number of anilines is 2. The molecule has 0 bridgehead atoms. The molecule has 0 atom stereocenters. The molecule has 0 amide bonds. The van der Waals surface area contributed by atoms with E-state index < -0.39 is 11.6 Å². The number of carbonyl (C=O) groups is 2. The number of hydrogen-bond donors (Lipinski definition) is 0. The Morgan fingerprint density at radius 2 is 1.24 bits per heavy atom. The molecule has 25 heavy (non-hydrogen) atoms. The average Bonchev–Trinajstić information content (AvgIpc) is 2.67. The van der Waals surface area contributed by atoms with Gasteiger partial charge >= 0.3 is 0 Å². The highest BCUT2D eigenvalue weighted by atomic mass is 16.2. The lowest BCUT2D eigenvalue weighted by Gasteiger charge is -2.28. The predicted molar refractivity (Wildman–Crippen MR) is 102 cm³/mol. The molecule has 1 aliphatic rings. The molecular weight excluding hydrogens is 312 g/mol. The first-order valence-electron chi connectivity index (χ1n) is 8.78. The van der Waals surface area contributed by atoms with Crippen LogP contribution < -0.4 is 9.80 Å². The number of nitrogens with zero attached hydrogens (tertiary/aromatic N) is 2. The quantitative estimate of drug-likeness (QED) is 0.615. The van der Waals surface area contributed by atoms with Gasteiger partial charge in [-0.3, -0.25) is 9.59 Å². The van der Waals surface area contributed by atoms with Crippen LogP contribution in [0.1, 0.15) is 40.0 Å². The topological polar surface area (TPSA) is 40.6 Å². The van der Waals surface area contributed by atoms with Crippen molar-refractivity contribution in [3.05, 3.63) is 59.7 Å². The fourth-order valence-corrected chi connectivity index (χ4v) is 3.15. The minimum atomic E-state index is -0.462. The van der Waals surface area contributed by atoms with Crippen molar-refractivity contribution >= 4 is 22.9 Å². The van der Waals surface area contributed by atoms with Gasteiger partial charge < -0.3 is 9.80 Å². The minimum Gasteiger partial charge on any atom is -0.378 e. The van der Waals surface area contributed by atoms with Crippen LogP contribution in [0.25, 0.3) is 0 Å². The van der Waals surface area contributed by atoms with Gasteiger partial charge in [0.25, 0.3) is 0 Å². The summed E-state index contributed by atoms with van der Waals surface area (Å²) in [5.74, 6) is -0.918. The van der Waals surface area contributed by atoms with Crippen molar-refractivity contribution in [1.82, 2.24) is 0 Å². The Labute approximate surface area is 149 Å². The summed E-state index contributed by atoms with van der Waals surface area (Å²) < 4.78 is 0. The van der Waals surface area contributed by atoms with E-state index in [1.165, 1.54) is 19.3 Å². The summed E-state index contributed by atoms with van der Waals surface area (Å²) in [6, 6.07) is 14.5. The number of ketones is 2. The van der Waals surface area contributed by atoms with E-state index in [4.69, 9.17) is 0 Å². The molecule has 0 radical (unpaired) electrons. The maximum atomic E-state index is 12.5. The van der Waals surface area contributed by atoms with Gasteiger partial charge in [0.1, 0.15) is 0 Å². The third-order valence-corrected chi connectivity index (χ3v) is 4.70. The van der Waals surface area contributed by atoms with E-state index in [9.17, 15) is 9.59 Å². The van der Waals surface area contributed by atoms with Gasteiger partial charge in [0.05, 0.1) is 0 Å². The molecule has 0 spiro atoms. The molecule has 3 rings (SSSR count). The van der Waals surface area contributed by atoms with Gasteiger partial charge in [-0.05, 0) is 67.8 Å². The molecule has 4 heteroatoms. The molecule has 130 valence electrons. The van der Waals surface area contributed by atoms with Crippen molar-refractivity contribution in [3.63, 3.8) is 0 Å². The first kappa shape index (κ1) is 17.2. The number of Topliss-reactive ketones (excluding diaryl/α,β-unsaturated/α-hetero) is 2. The van der Waals surface area contributed by atoms with Gasteiger partial charge in [-0.2, -0.15) is 0 Å². The molecule has 1 heterocycles. The van der Waals surface area contributed by atoms with Crippen LogP contribution in [0, 0.1) is 0 Å². The van der Waals surface area contributed by atoms with E-state index in [1.54, 1.807) is 24.3 Å². The standard InChI is InChI=1S/C21H24N2O2/c1-22(2)18-10-6-16(7-11-18)20(24)21(25)17-8-12-19(13-9-17)23-14-4-3-5-15-23/h6-13H,3-5,14-15H2,1-2H3. The second-order valence-corrected chi connectivity index (χ2v) is 6.69. The predicted octanol–water partition coefficient (Wildman–Crippen LogP) is 3.81. The van der Waals surface area contributed by atoms with E-state index in [0.717, 1.165) is 24.5 Å². The van der Waals surface area contributed by atoms with Crippen LogP contribution in [0.3, 0.4) is 0 Å². The van der Waals surface area contributed by atoms with Gasteiger partial charge in [0.15, 0.2) is 0 Å². The van der Waals surface area contributed by atoms with Gasteiger partial charge in [0, 0.05) is 49.7 Å². The Balaban J connectivity index is 1.72. The summed E-state index contributed by atoms with van der Waals surface area (Å²) in [5, 5.41) is 0. The largest absolute Gasteiger partial charge is 0.378 e. The fraction of sp³-hybridized carbons (Fsp3) is 0.333. The van der Waals surface area contributed by atoms with Gasteiger partial charge in [-0.1, -0.05) is 0 Å². The van der Waals surface area contributed by atoms with Crippen molar-refractivity contribution in [1.29, 1.82) is 0 Å². The molecule has 0 N–H and O–H groups in total. The van der Waals surface area contributed by atoms with Crippen molar-refractivity contribution in [2.75, 3.05) is 37.0 Å². The Morgan fingerprint density at radius 3 is 1.72 bits per heavy atom. The molecule has 0 unspecified atom stereocenters. The molecule has 2 aromatic rings. The highest BCUT2D eigenvalue weighted by Crippen LogP contribution is 2.21. The molecular formula is C21H24N2O2. The maximum Gasteiger partial charge on any atom is 0.233 e. The van der Waals surface area contributed by atoms with Crippen LogP contribution in [0.4, 0.5) is 11.4 Å². The monoisotopic (exact) mass is 336 g/mol. The second kappa shape index (κ2) is 7.51. The summed E-state index contributed by atoms with van der Waals surface area (Å²) in [6.45, 7) is 2.12. The zero-order valence-corrected chi connectivity index (χ0v) is 14.9. The first-order chi connectivity index (χ1) is 12.1. The Bertz CT molecular complexity index is 742. The van der Waals surface area contributed by atoms with Crippen LogP contribution >= 0.6 is 0 Å². The fourth-order valence-electron chi connectivity index (χ4n) is 3.15. The molecule has 0 aliphatic carbocycles. The summed E-state index contributed by atoms with van der Waals surface area (Å²) in [7, 11) is 3.87. The molecule has 0 saturated carbocycles. The van der Waals surface area contributed by atoms with E-state index in [1.807, 2.05) is 43.3 Å². The summed E-state index contributed by atoms with van der Waals surface area (Å²) >= 11 is 0. The highest BCUT2D eigenvalue weighted by Gasteiger charge is 2.19. The lowest BCUT2D eigenvalue weighted by molar-refractivity contribution is 0.0817. The summed E-state index contributed by atoms with van der Waals surface area (Å²) in [5.41, 5.74) is 2.99. The zero-order chi connectivity index (χ0) is 17.8. The number of piperidine rings is 1. The van der Waals surface area contributed by atoms with Crippen molar-refractivity contribution in [3.8, 4) is 0 Å². The Morgan fingerprint density at radius 1 is 0.760 bits per heavy atom. The SMILES string of the molecule is CN(C)c1ccc(C(=O)C(=O)c2ccc(N3CCCCC3)cc2)cc1. The van der Waals surface area contributed by atoms with Crippen LogP contribution in [0.5, 0.6) is 0 Å². The lowest BCUT2D eigenvalue weighted by Crippen LogP contribution is -2.29.